The molecular formula is C17H23NO2. The monoisotopic (exact) mass is 273 g/mol. The molecule has 0 bridgehead atoms. The Kier molecular flexibility index (Phi) is 6.83. The maximum atomic E-state index is 12.4. The van der Waals surface area contributed by atoms with Crippen LogP contribution < -0.4 is 0 Å². The fourth-order valence-corrected chi connectivity index (χ4v) is 1.93. The number of nitrogens with zero attached hydrogens (tertiary/aromatic N) is 1. The zero-order valence-corrected chi connectivity index (χ0v) is 12.5. The minimum absolute atomic E-state index is 0.0482. The van der Waals surface area contributed by atoms with Crippen molar-refractivity contribution in [3.63, 3.8) is 0 Å². The summed E-state index contributed by atoms with van der Waals surface area (Å²) >= 11 is 0. The van der Waals surface area contributed by atoms with Gasteiger partial charge in [-0.3, -0.25) is 4.79 Å². The lowest BCUT2D eigenvalue weighted by Gasteiger charge is -2.23. The van der Waals surface area contributed by atoms with Gasteiger partial charge in [-0.15, -0.1) is 0 Å². The Balaban J connectivity index is 2.88. The highest BCUT2D eigenvalue weighted by atomic mass is 16.2. The minimum Gasteiger partial charge on any atom is -0.395 e. The topological polar surface area (TPSA) is 40.5 Å². The van der Waals surface area contributed by atoms with Gasteiger partial charge in [0.25, 0.3) is 5.91 Å². The summed E-state index contributed by atoms with van der Waals surface area (Å²) in [5.41, 5.74) is 1.48. The Bertz CT molecular complexity index is 497. The zero-order chi connectivity index (χ0) is 15.0. The molecule has 0 atom stereocenters. The minimum atomic E-state index is 0.0482. The maximum Gasteiger partial charge on any atom is 0.253 e. The molecule has 0 fully saturated rings. The van der Waals surface area contributed by atoms with E-state index in [0.717, 1.165) is 12.1 Å². The molecule has 1 N–H and O–H groups in total. The van der Waals surface area contributed by atoms with E-state index in [-0.39, 0.29) is 12.5 Å². The van der Waals surface area contributed by atoms with Crippen molar-refractivity contribution in [1.29, 1.82) is 0 Å². The summed E-state index contributed by atoms with van der Waals surface area (Å²) in [5, 5.41) is 8.71. The number of amides is 1. The number of hydrogen-bond acceptors (Lipinski definition) is 2. The molecule has 3 heteroatoms. The first kappa shape index (κ1) is 16.3. The van der Waals surface area contributed by atoms with Crippen molar-refractivity contribution >= 4 is 5.91 Å². The number of aliphatic hydroxyl groups excluding tert-OH is 1. The van der Waals surface area contributed by atoms with E-state index >= 15 is 0 Å². The van der Waals surface area contributed by atoms with Crippen LogP contribution in [-0.2, 0) is 0 Å². The zero-order valence-electron chi connectivity index (χ0n) is 12.5. The van der Waals surface area contributed by atoms with Gasteiger partial charge >= 0.3 is 0 Å². The molecular weight excluding hydrogens is 250 g/mol. The molecule has 3 nitrogen and oxygen atoms in total. The van der Waals surface area contributed by atoms with E-state index in [1.54, 1.807) is 0 Å². The maximum absolute atomic E-state index is 12.4. The number of benzene rings is 1. The Labute approximate surface area is 121 Å². The molecule has 1 rings (SSSR count). The van der Waals surface area contributed by atoms with Crippen LogP contribution in [0.2, 0.25) is 0 Å². The highest BCUT2D eigenvalue weighted by Gasteiger charge is 2.15. The molecule has 0 aliphatic rings. The third-order valence-electron chi connectivity index (χ3n) is 2.83. The van der Waals surface area contributed by atoms with Crippen LogP contribution in [0.1, 0.15) is 43.1 Å². The van der Waals surface area contributed by atoms with Gasteiger partial charge in [-0.25, -0.2) is 0 Å². The van der Waals surface area contributed by atoms with Crippen LogP contribution in [0, 0.1) is 17.8 Å². The quantitative estimate of drug-likeness (QED) is 0.838. The van der Waals surface area contributed by atoms with Crippen molar-refractivity contribution in [2.75, 3.05) is 19.7 Å². The van der Waals surface area contributed by atoms with Gasteiger partial charge in [0.2, 0.25) is 0 Å². The Morgan fingerprint density at radius 2 is 2.15 bits per heavy atom. The van der Waals surface area contributed by atoms with Crippen molar-refractivity contribution in [2.45, 2.75) is 27.2 Å². The molecule has 1 amide bonds. The number of rotatable bonds is 5. The van der Waals surface area contributed by atoms with Crippen LogP contribution in [-0.4, -0.2) is 35.6 Å². The average molecular weight is 273 g/mol. The molecule has 1 aromatic rings. The van der Waals surface area contributed by atoms with Gasteiger partial charge in [-0.1, -0.05) is 31.8 Å². The summed E-state index contributed by atoms with van der Waals surface area (Å²) in [6, 6.07) is 7.36. The predicted molar refractivity (Wildman–Crippen MR) is 81.4 cm³/mol. The number of carbonyl (C=O) groups is 1. The molecule has 20 heavy (non-hydrogen) atoms. The lowest BCUT2D eigenvalue weighted by atomic mass is 10.1. The second-order valence-electron chi connectivity index (χ2n) is 5.09. The Morgan fingerprint density at radius 3 is 2.75 bits per heavy atom. The molecule has 0 aliphatic heterocycles. The van der Waals surface area contributed by atoms with Crippen LogP contribution in [0.25, 0.3) is 0 Å². The fourth-order valence-electron chi connectivity index (χ4n) is 1.93. The molecule has 0 heterocycles. The molecule has 0 aromatic heterocycles. The Morgan fingerprint density at radius 1 is 1.40 bits per heavy atom. The number of hydrogen-bond donors (Lipinski definition) is 1. The summed E-state index contributed by atoms with van der Waals surface area (Å²) in [7, 11) is 0. The van der Waals surface area contributed by atoms with E-state index in [4.69, 9.17) is 5.11 Å². The van der Waals surface area contributed by atoms with Crippen molar-refractivity contribution < 1.29 is 9.90 Å². The third kappa shape index (κ3) is 5.07. The second-order valence-corrected chi connectivity index (χ2v) is 5.09. The van der Waals surface area contributed by atoms with Crippen molar-refractivity contribution in [3.8, 4) is 11.8 Å². The smallest absolute Gasteiger partial charge is 0.253 e. The highest BCUT2D eigenvalue weighted by Crippen LogP contribution is 2.10. The standard InChI is InChI=1S/C17H23NO2/c1-4-18(13-14(2)3)17(20)16-10-7-9-15(12-16)8-5-6-11-19/h7,9-10,12,14,19H,4,6,11,13H2,1-3H3. The Hall–Kier alpha value is -1.79. The van der Waals surface area contributed by atoms with Crippen molar-refractivity contribution in [1.82, 2.24) is 4.90 Å². The third-order valence-corrected chi connectivity index (χ3v) is 2.83. The van der Waals surface area contributed by atoms with E-state index in [2.05, 4.69) is 25.7 Å². The van der Waals surface area contributed by atoms with Gasteiger partial charge in [0, 0.05) is 30.6 Å². The first-order valence-corrected chi connectivity index (χ1v) is 7.07. The van der Waals surface area contributed by atoms with E-state index in [1.165, 1.54) is 0 Å². The molecule has 0 aliphatic carbocycles. The van der Waals surface area contributed by atoms with Gasteiger partial charge in [0.1, 0.15) is 0 Å². The number of aliphatic hydroxyl groups is 1. The van der Waals surface area contributed by atoms with Crippen molar-refractivity contribution in [2.24, 2.45) is 5.92 Å². The van der Waals surface area contributed by atoms with Gasteiger partial charge in [-0.2, -0.15) is 0 Å². The van der Waals surface area contributed by atoms with Crippen LogP contribution in [0.3, 0.4) is 0 Å². The van der Waals surface area contributed by atoms with Crippen LogP contribution in [0.4, 0.5) is 0 Å². The SMILES string of the molecule is CCN(CC(C)C)C(=O)c1cccc(C#CCCO)c1. The molecule has 0 saturated heterocycles. The van der Waals surface area contributed by atoms with Crippen LogP contribution in [0.5, 0.6) is 0 Å². The summed E-state index contributed by atoms with van der Waals surface area (Å²) < 4.78 is 0. The van der Waals surface area contributed by atoms with Gasteiger partial charge in [0.15, 0.2) is 0 Å². The van der Waals surface area contributed by atoms with Crippen LogP contribution >= 0.6 is 0 Å². The highest BCUT2D eigenvalue weighted by molar-refractivity contribution is 5.94. The normalized spacial score (nSPS) is 10.1. The molecule has 0 spiro atoms. The summed E-state index contributed by atoms with van der Waals surface area (Å²) in [6.45, 7) is 7.72. The first-order valence-electron chi connectivity index (χ1n) is 7.07. The van der Waals surface area contributed by atoms with Crippen LogP contribution in [0.15, 0.2) is 24.3 Å². The second kappa shape index (κ2) is 8.39. The molecule has 1 aromatic carbocycles. The van der Waals surface area contributed by atoms with Gasteiger partial charge in [-0.05, 0) is 31.0 Å². The fraction of sp³-hybridized carbons (Fsp3) is 0.471. The summed E-state index contributed by atoms with van der Waals surface area (Å²) in [5.74, 6) is 6.32. The molecule has 0 unspecified atom stereocenters. The molecule has 0 saturated carbocycles. The lowest BCUT2D eigenvalue weighted by molar-refractivity contribution is 0.0745. The van der Waals surface area contributed by atoms with E-state index in [1.807, 2.05) is 36.1 Å². The summed E-state index contributed by atoms with van der Waals surface area (Å²) in [6.07, 6.45) is 0.451. The van der Waals surface area contributed by atoms with Crippen molar-refractivity contribution in [3.05, 3.63) is 35.4 Å². The van der Waals surface area contributed by atoms with Gasteiger partial charge in [0.05, 0.1) is 6.61 Å². The van der Waals surface area contributed by atoms with E-state index in [9.17, 15) is 4.79 Å². The average Bonchev–Trinajstić information content (AvgIpc) is 2.44. The largest absolute Gasteiger partial charge is 0.395 e. The van der Waals surface area contributed by atoms with Gasteiger partial charge < -0.3 is 10.0 Å². The summed E-state index contributed by atoms with van der Waals surface area (Å²) in [4.78, 5) is 14.3. The lowest BCUT2D eigenvalue weighted by Crippen LogP contribution is -2.34. The predicted octanol–water partition coefficient (Wildman–Crippen LogP) is 2.54. The molecule has 108 valence electrons. The van der Waals surface area contributed by atoms with E-state index < -0.39 is 0 Å². The molecule has 0 radical (unpaired) electrons. The number of carbonyl (C=O) groups excluding carboxylic acids is 1. The van der Waals surface area contributed by atoms with E-state index in [0.29, 0.717) is 24.4 Å². The first-order chi connectivity index (χ1) is 9.58.